The zero-order chi connectivity index (χ0) is 14.8. The summed E-state index contributed by atoms with van der Waals surface area (Å²) < 4.78 is 10.8. The first-order valence-corrected chi connectivity index (χ1v) is 7.29. The van der Waals surface area contributed by atoms with Crippen LogP contribution in [-0.4, -0.2) is 29.4 Å². The van der Waals surface area contributed by atoms with Gasteiger partial charge >= 0.3 is 0 Å². The van der Waals surface area contributed by atoms with Crippen LogP contribution in [0.2, 0.25) is 5.02 Å². The van der Waals surface area contributed by atoms with E-state index in [0.29, 0.717) is 17.3 Å². The predicted octanol–water partition coefficient (Wildman–Crippen LogP) is 3.38. The number of ether oxygens (including phenoxy) is 1. The number of furan rings is 1. The number of carbonyl (C=O) groups excluding carboxylic acids is 1. The molecule has 3 heterocycles. The van der Waals surface area contributed by atoms with Crippen LogP contribution in [0.3, 0.4) is 0 Å². The zero-order valence-corrected chi connectivity index (χ0v) is 12.5. The fourth-order valence-electron chi connectivity index (χ4n) is 2.75. The average Bonchev–Trinajstić information content (AvgIpc) is 3.17. The number of hydrogen-bond donors (Lipinski definition) is 1. The van der Waals surface area contributed by atoms with Gasteiger partial charge in [0.1, 0.15) is 23.8 Å². The Morgan fingerprint density at radius 2 is 2.43 bits per heavy atom. The molecule has 1 atom stereocenters. The van der Waals surface area contributed by atoms with Crippen LogP contribution in [0.25, 0.3) is 0 Å². The van der Waals surface area contributed by atoms with Crippen molar-refractivity contribution in [1.82, 2.24) is 9.88 Å². The van der Waals surface area contributed by atoms with E-state index >= 15 is 0 Å². The highest BCUT2D eigenvalue weighted by Gasteiger charge is 2.33. The third kappa shape index (κ3) is 2.84. The Hall–Kier alpha value is -1.72. The second kappa shape index (κ2) is 5.95. The lowest BCUT2D eigenvalue weighted by atomic mass is 10.1. The molecule has 1 amide bonds. The summed E-state index contributed by atoms with van der Waals surface area (Å²) in [5.74, 6) is 1.54. The molecule has 2 aromatic rings. The lowest BCUT2D eigenvalue weighted by Crippen LogP contribution is -2.30. The second-order valence-corrected chi connectivity index (χ2v) is 5.56. The van der Waals surface area contributed by atoms with Gasteiger partial charge in [-0.25, -0.2) is 0 Å². The fourth-order valence-corrected chi connectivity index (χ4v) is 2.91. The van der Waals surface area contributed by atoms with Crippen molar-refractivity contribution in [3.63, 3.8) is 0 Å². The molecule has 0 saturated carbocycles. The molecular weight excluding hydrogens is 292 g/mol. The number of nitrogens with zero attached hydrogens (tertiary/aromatic N) is 1. The zero-order valence-electron chi connectivity index (χ0n) is 11.8. The van der Waals surface area contributed by atoms with Crippen LogP contribution >= 0.6 is 11.6 Å². The molecule has 0 bridgehead atoms. The van der Waals surface area contributed by atoms with Crippen molar-refractivity contribution in [2.24, 2.45) is 0 Å². The van der Waals surface area contributed by atoms with Crippen molar-refractivity contribution in [3.8, 4) is 0 Å². The second-order valence-electron chi connectivity index (χ2n) is 5.13. The molecule has 0 aromatic carbocycles. The molecule has 3 rings (SSSR count). The Bertz CT molecular complexity index is 634. The standard InChI is InChI=1S/C15H17ClN2O3/c1-20-9-11-4-5-14(21-11)13-3-2-6-18(13)15(19)12-7-10(16)8-17-12/h4-5,7-8,13,17H,2-3,6,9H2,1H3. The highest BCUT2D eigenvalue weighted by molar-refractivity contribution is 6.30. The lowest BCUT2D eigenvalue weighted by molar-refractivity contribution is 0.0710. The number of halogens is 1. The van der Waals surface area contributed by atoms with E-state index in [1.807, 2.05) is 17.0 Å². The third-order valence-corrected chi connectivity index (χ3v) is 3.91. The first kappa shape index (κ1) is 14.2. The molecule has 1 saturated heterocycles. The summed E-state index contributed by atoms with van der Waals surface area (Å²) in [5.41, 5.74) is 0.510. The van der Waals surface area contributed by atoms with Crippen molar-refractivity contribution in [1.29, 1.82) is 0 Å². The Morgan fingerprint density at radius 3 is 3.14 bits per heavy atom. The van der Waals surface area contributed by atoms with Crippen molar-refractivity contribution < 1.29 is 13.9 Å². The van der Waals surface area contributed by atoms with Gasteiger partial charge in [0.05, 0.1) is 11.1 Å². The van der Waals surface area contributed by atoms with E-state index in [2.05, 4.69) is 4.98 Å². The minimum atomic E-state index is -0.0471. The number of likely N-dealkylation sites (tertiary alicyclic amines) is 1. The van der Waals surface area contributed by atoms with E-state index in [0.717, 1.165) is 30.9 Å². The van der Waals surface area contributed by atoms with Gasteiger partial charge in [-0.1, -0.05) is 11.6 Å². The molecule has 112 valence electrons. The van der Waals surface area contributed by atoms with Crippen molar-refractivity contribution in [2.75, 3.05) is 13.7 Å². The minimum absolute atomic E-state index is 0.0230. The summed E-state index contributed by atoms with van der Waals surface area (Å²) >= 11 is 5.87. The number of rotatable bonds is 4. The van der Waals surface area contributed by atoms with Crippen molar-refractivity contribution in [2.45, 2.75) is 25.5 Å². The summed E-state index contributed by atoms with van der Waals surface area (Å²) in [6.07, 6.45) is 3.48. The van der Waals surface area contributed by atoms with Gasteiger partial charge in [-0.3, -0.25) is 4.79 Å². The maximum Gasteiger partial charge on any atom is 0.270 e. The quantitative estimate of drug-likeness (QED) is 0.942. The summed E-state index contributed by atoms with van der Waals surface area (Å²) in [4.78, 5) is 17.3. The molecule has 21 heavy (non-hydrogen) atoms. The van der Waals surface area contributed by atoms with Crippen molar-refractivity contribution >= 4 is 17.5 Å². The van der Waals surface area contributed by atoms with Gasteiger partial charge in [-0.15, -0.1) is 0 Å². The number of carbonyl (C=O) groups is 1. The molecule has 1 unspecified atom stereocenters. The Labute approximate surface area is 127 Å². The highest BCUT2D eigenvalue weighted by Crippen LogP contribution is 2.34. The number of aromatic amines is 1. The van der Waals surface area contributed by atoms with Crippen molar-refractivity contribution in [3.05, 3.63) is 46.6 Å². The largest absolute Gasteiger partial charge is 0.461 e. The lowest BCUT2D eigenvalue weighted by Gasteiger charge is -2.22. The van der Waals surface area contributed by atoms with E-state index in [9.17, 15) is 4.79 Å². The van der Waals surface area contributed by atoms with Crippen LogP contribution in [0.15, 0.2) is 28.8 Å². The topological polar surface area (TPSA) is 58.5 Å². The molecule has 2 aromatic heterocycles. The van der Waals surface area contributed by atoms with Gasteiger partial charge in [0.2, 0.25) is 0 Å². The van der Waals surface area contributed by atoms with Gasteiger partial charge in [0, 0.05) is 19.9 Å². The average molecular weight is 309 g/mol. The summed E-state index contributed by atoms with van der Waals surface area (Å²) in [5, 5.41) is 0.537. The molecule has 0 radical (unpaired) electrons. The first-order chi connectivity index (χ1) is 10.2. The number of methoxy groups -OCH3 is 1. The number of nitrogens with one attached hydrogen (secondary N) is 1. The molecule has 1 aliphatic heterocycles. The van der Waals surface area contributed by atoms with E-state index in [-0.39, 0.29) is 11.9 Å². The van der Waals surface area contributed by atoms with Crippen LogP contribution in [-0.2, 0) is 11.3 Å². The van der Waals surface area contributed by atoms with Crippen LogP contribution in [0.4, 0.5) is 0 Å². The van der Waals surface area contributed by atoms with Gasteiger partial charge < -0.3 is 19.0 Å². The predicted molar refractivity (Wildman–Crippen MR) is 78.2 cm³/mol. The normalized spacial score (nSPS) is 18.4. The summed E-state index contributed by atoms with van der Waals surface area (Å²) in [7, 11) is 1.63. The number of hydrogen-bond acceptors (Lipinski definition) is 3. The maximum atomic E-state index is 12.5. The molecule has 1 fully saturated rings. The Balaban J connectivity index is 1.79. The van der Waals surface area contributed by atoms with E-state index < -0.39 is 0 Å². The van der Waals surface area contributed by atoms with E-state index in [4.69, 9.17) is 20.8 Å². The molecule has 1 N–H and O–H groups in total. The molecule has 0 aliphatic carbocycles. The van der Waals surface area contributed by atoms with Crippen LogP contribution in [0.1, 0.15) is 40.9 Å². The summed E-state index contributed by atoms with van der Waals surface area (Å²) in [6, 6.07) is 5.44. The first-order valence-electron chi connectivity index (χ1n) is 6.91. The van der Waals surface area contributed by atoms with Crippen LogP contribution < -0.4 is 0 Å². The van der Waals surface area contributed by atoms with Crippen LogP contribution in [0, 0.1) is 0 Å². The van der Waals surface area contributed by atoms with E-state index in [1.165, 1.54) is 0 Å². The smallest absolute Gasteiger partial charge is 0.270 e. The highest BCUT2D eigenvalue weighted by atomic mass is 35.5. The SMILES string of the molecule is COCc1ccc(C2CCCN2C(=O)c2cc(Cl)c[nH]2)o1. The van der Waals surface area contributed by atoms with Gasteiger partial charge in [-0.05, 0) is 31.0 Å². The molecule has 6 heteroatoms. The number of amides is 1. The summed E-state index contributed by atoms with van der Waals surface area (Å²) in [6.45, 7) is 1.16. The Morgan fingerprint density at radius 1 is 1.57 bits per heavy atom. The number of H-pyrrole nitrogens is 1. The monoisotopic (exact) mass is 308 g/mol. The molecular formula is C15H17ClN2O3. The maximum absolute atomic E-state index is 12.5. The van der Waals surface area contributed by atoms with Gasteiger partial charge in [0.15, 0.2) is 0 Å². The van der Waals surface area contributed by atoms with Gasteiger partial charge in [-0.2, -0.15) is 0 Å². The van der Waals surface area contributed by atoms with E-state index in [1.54, 1.807) is 19.4 Å². The van der Waals surface area contributed by atoms with Crippen LogP contribution in [0.5, 0.6) is 0 Å². The van der Waals surface area contributed by atoms with Gasteiger partial charge in [0.25, 0.3) is 5.91 Å². The minimum Gasteiger partial charge on any atom is -0.461 e. The Kier molecular flexibility index (Phi) is 4.03. The molecule has 0 spiro atoms. The fraction of sp³-hybridized carbons (Fsp3) is 0.400. The third-order valence-electron chi connectivity index (χ3n) is 3.69. The molecule has 5 nitrogen and oxygen atoms in total. The number of aromatic nitrogens is 1. The molecule has 1 aliphatic rings.